The average Bonchev–Trinajstić information content (AvgIpc) is 3.25. The van der Waals surface area contributed by atoms with E-state index in [0.29, 0.717) is 0 Å². The van der Waals surface area contributed by atoms with Gasteiger partial charge in [-0.05, 0) is 24.0 Å². The summed E-state index contributed by atoms with van der Waals surface area (Å²) in [5, 5.41) is 15.0. The fraction of sp³-hybridized carbons (Fsp3) is 0.286. The van der Waals surface area contributed by atoms with Crippen molar-refractivity contribution in [3.8, 4) is 11.1 Å². The zero-order chi connectivity index (χ0) is 23.8. The molecule has 1 amide bonds. The largest absolute Gasteiger partial charge is 0.368 e. The average molecular weight is 469 g/mol. The molecule has 4 N–H and O–H groups in total. The maximum absolute atomic E-state index is 12.7. The van der Waals surface area contributed by atoms with Crippen LogP contribution in [0.3, 0.4) is 0 Å². The molecule has 3 aromatic rings. The predicted molar refractivity (Wildman–Crippen MR) is 123 cm³/mol. The molecule has 2 aromatic heterocycles. The minimum Gasteiger partial charge on any atom is -0.368 e. The third kappa shape index (κ3) is 4.10. The lowest BCUT2D eigenvalue weighted by Gasteiger charge is -2.42. The van der Waals surface area contributed by atoms with Crippen molar-refractivity contribution in [2.75, 3.05) is 19.8 Å². The zero-order valence-corrected chi connectivity index (χ0v) is 19.0. The van der Waals surface area contributed by atoms with Gasteiger partial charge in [0, 0.05) is 32.1 Å². The Balaban J connectivity index is 1.52. The van der Waals surface area contributed by atoms with Gasteiger partial charge in [-0.2, -0.15) is 21.9 Å². The molecule has 11 nitrogen and oxygen atoms in total. The quantitative estimate of drug-likeness (QED) is 0.364. The van der Waals surface area contributed by atoms with Gasteiger partial charge in [0.25, 0.3) is 5.91 Å². The van der Waals surface area contributed by atoms with Crippen LogP contribution in [-0.2, 0) is 15.6 Å². The summed E-state index contributed by atoms with van der Waals surface area (Å²) in [6.45, 7) is 0. The van der Waals surface area contributed by atoms with Crippen LogP contribution in [0.1, 0.15) is 35.2 Å². The number of carbonyl (C=O) groups is 1. The fourth-order valence-corrected chi connectivity index (χ4v) is 4.45. The van der Waals surface area contributed by atoms with Gasteiger partial charge in [-0.15, -0.1) is 0 Å². The second-order valence-corrected chi connectivity index (χ2v) is 10.1. The van der Waals surface area contributed by atoms with E-state index in [2.05, 4.69) is 20.4 Å². The number of amides is 1. The van der Waals surface area contributed by atoms with Crippen LogP contribution in [0.5, 0.6) is 0 Å². The molecule has 0 atom stereocenters. The second kappa shape index (κ2) is 8.37. The molecule has 2 heterocycles. The number of nitrogen functional groups attached to an aromatic ring is 1. The molecule has 1 saturated carbocycles. The van der Waals surface area contributed by atoms with E-state index in [-0.39, 0.29) is 17.3 Å². The number of aromatic nitrogens is 4. The standard InChI is InChI=1S/C21H24N8O3S/c1-28(2)33(31,32)29-13-16(12-26-29)18(30)27-19(22)21(8-3-9-21)17-6-4-14(5-7-17)15-10-24-20(23)25-11-15/h4-7,10-13H,3,8-9H2,1-2H3,(H2,22,27,30)(H2,23,24,25). The van der Waals surface area contributed by atoms with Crippen LogP contribution in [0.25, 0.3) is 11.1 Å². The first-order valence-electron chi connectivity index (χ1n) is 10.2. The van der Waals surface area contributed by atoms with Crippen molar-refractivity contribution in [2.24, 2.45) is 0 Å². The summed E-state index contributed by atoms with van der Waals surface area (Å²) in [5.74, 6) is -0.300. The van der Waals surface area contributed by atoms with E-state index in [9.17, 15) is 13.2 Å². The molecule has 0 unspecified atom stereocenters. The van der Waals surface area contributed by atoms with E-state index in [4.69, 9.17) is 11.1 Å². The number of rotatable bonds is 6. The molecule has 4 rings (SSSR count). The van der Waals surface area contributed by atoms with Crippen LogP contribution in [0.15, 0.2) is 49.1 Å². The van der Waals surface area contributed by atoms with Crippen molar-refractivity contribution in [1.82, 2.24) is 28.8 Å². The van der Waals surface area contributed by atoms with Crippen LogP contribution in [-0.4, -0.2) is 57.7 Å². The monoisotopic (exact) mass is 468 g/mol. The molecule has 0 bridgehead atoms. The predicted octanol–water partition coefficient (Wildman–Crippen LogP) is 1.41. The lowest BCUT2D eigenvalue weighted by Crippen LogP contribution is -2.50. The third-order valence-corrected chi connectivity index (χ3v) is 7.48. The van der Waals surface area contributed by atoms with Crippen LogP contribution in [0.4, 0.5) is 5.95 Å². The highest BCUT2D eigenvalue weighted by molar-refractivity contribution is 7.87. The van der Waals surface area contributed by atoms with E-state index < -0.39 is 21.5 Å². The number of nitrogens with one attached hydrogen (secondary N) is 2. The van der Waals surface area contributed by atoms with E-state index in [0.717, 1.165) is 50.5 Å². The lowest BCUT2D eigenvalue weighted by molar-refractivity contribution is 0.0972. The third-order valence-electron chi connectivity index (χ3n) is 5.89. The molecule has 0 aliphatic heterocycles. The van der Waals surface area contributed by atoms with Crippen molar-refractivity contribution < 1.29 is 13.2 Å². The highest BCUT2D eigenvalue weighted by atomic mass is 32.2. The summed E-state index contributed by atoms with van der Waals surface area (Å²) in [6, 6.07) is 7.73. The molecule has 1 aromatic carbocycles. The maximum Gasteiger partial charge on any atom is 0.322 e. The lowest BCUT2D eigenvalue weighted by atomic mass is 9.63. The van der Waals surface area contributed by atoms with E-state index in [1.165, 1.54) is 20.3 Å². The first-order chi connectivity index (χ1) is 15.6. The molecule has 1 aliphatic rings. The zero-order valence-electron chi connectivity index (χ0n) is 18.2. The van der Waals surface area contributed by atoms with Crippen LogP contribution >= 0.6 is 0 Å². The highest BCUT2D eigenvalue weighted by Gasteiger charge is 2.43. The van der Waals surface area contributed by atoms with Crippen molar-refractivity contribution in [2.45, 2.75) is 24.7 Å². The SMILES string of the molecule is CN(C)S(=O)(=O)n1cc(C(=O)NC(=N)C2(c3ccc(-c4cnc(N)nc4)cc3)CCC2)cn1. The Kier molecular flexibility index (Phi) is 5.72. The molecular formula is C21H24N8O3S. The summed E-state index contributed by atoms with van der Waals surface area (Å²) in [6.07, 6.45) is 7.99. The van der Waals surface area contributed by atoms with Crippen molar-refractivity contribution in [1.29, 1.82) is 5.41 Å². The van der Waals surface area contributed by atoms with Crippen LogP contribution in [0, 0.1) is 5.41 Å². The van der Waals surface area contributed by atoms with Gasteiger partial charge >= 0.3 is 10.2 Å². The Hall–Kier alpha value is -3.64. The number of hydrogen-bond acceptors (Lipinski definition) is 8. The molecule has 0 radical (unpaired) electrons. The van der Waals surface area contributed by atoms with Crippen LogP contribution < -0.4 is 11.1 Å². The number of nitrogens with zero attached hydrogens (tertiary/aromatic N) is 5. The van der Waals surface area contributed by atoms with Crippen molar-refractivity contribution in [3.63, 3.8) is 0 Å². The summed E-state index contributed by atoms with van der Waals surface area (Å²) in [7, 11) is -1.08. The van der Waals surface area contributed by atoms with Gasteiger partial charge in [-0.1, -0.05) is 30.7 Å². The van der Waals surface area contributed by atoms with Gasteiger partial charge in [0.15, 0.2) is 0 Å². The smallest absolute Gasteiger partial charge is 0.322 e. The number of carbonyl (C=O) groups excluding carboxylic acids is 1. The normalized spacial score (nSPS) is 15.1. The Morgan fingerprint density at radius 1 is 1.12 bits per heavy atom. The molecule has 1 fully saturated rings. The Morgan fingerprint density at radius 2 is 1.76 bits per heavy atom. The maximum atomic E-state index is 12.7. The first-order valence-corrected chi connectivity index (χ1v) is 11.6. The minimum absolute atomic E-state index is 0.0540. The van der Waals surface area contributed by atoms with E-state index >= 15 is 0 Å². The number of nitrogens with two attached hydrogens (primary N) is 1. The Labute approximate surface area is 191 Å². The number of hydrogen-bond donors (Lipinski definition) is 3. The molecule has 0 spiro atoms. The minimum atomic E-state index is -3.82. The summed E-state index contributed by atoms with van der Waals surface area (Å²) >= 11 is 0. The number of benzene rings is 1. The summed E-state index contributed by atoms with van der Waals surface area (Å²) in [4.78, 5) is 20.7. The number of anilines is 1. The van der Waals surface area contributed by atoms with Gasteiger partial charge in [0.05, 0.1) is 23.4 Å². The molecular weight excluding hydrogens is 444 g/mol. The fourth-order valence-electron chi connectivity index (χ4n) is 3.70. The van der Waals surface area contributed by atoms with Gasteiger partial charge in [0.2, 0.25) is 5.95 Å². The summed E-state index contributed by atoms with van der Waals surface area (Å²) < 4.78 is 26.1. The van der Waals surface area contributed by atoms with Crippen molar-refractivity contribution >= 4 is 27.9 Å². The topological polar surface area (TPSA) is 160 Å². The van der Waals surface area contributed by atoms with Crippen molar-refractivity contribution in [3.05, 3.63) is 60.2 Å². The Bertz CT molecular complexity index is 1290. The van der Waals surface area contributed by atoms with Gasteiger partial charge in [0.1, 0.15) is 5.84 Å². The molecule has 0 saturated heterocycles. The second-order valence-electron chi connectivity index (χ2n) is 8.06. The molecule has 33 heavy (non-hydrogen) atoms. The van der Waals surface area contributed by atoms with Gasteiger partial charge in [-0.25, -0.2) is 9.97 Å². The van der Waals surface area contributed by atoms with Gasteiger partial charge < -0.3 is 11.1 Å². The summed E-state index contributed by atoms with van der Waals surface area (Å²) in [5.41, 5.74) is 7.66. The molecule has 172 valence electrons. The van der Waals surface area contributed by atoms with E-state index in [1.807, 2.05) is 24.3 Å². The Morgan fingerprint density at radius 3 is 2.30 bits per heavy atom. The number of amidine groups is 1. The highest BCUT2D eigenvalue weighted by Crippen LogP contribution is 2.44. The van der Waals surface area contributed by atoms with E-state index in [1.54, 1.807) is 12.4 Å². The molecule has 12 heteroatoms. The van der Waals surface area contributed by atoms with Crippen LogP contribution in [0.2, 0.25) is 0 Å². The molecule has 1 aliphatic carbocycles. The first kappa shape index (κ1) is 22.6. The van der Waals surface area contributed by atoms with Gasteiger partial charge in [-0.3, -0.25) is 10.2 Å².